The van der Waals surface area contributed by atoms with Crippen molar-refractivity contribution in [2.45, 2.75) is 45.4 Å². The first-order valence-corrected chi connectivity index (χ1v) is 7.12. The molecule has 0 bridgehead atoms. The van der Waals surface area contributed by atoms with Crippen LogP contribution in [0.2, 0.25) is 0 Å². The predicted molar refractivity (Wildman–Crippen MR) is 66.5 cm³/mol. The Morgan fingerprint density at radius 1 is 1.33 bits per heavy atom. The van der Waals surface area contributed by atoms with Crippen molar-refractivity contribution in [1.29, 1.82) is 0 Å². The highest BCUT2D eigenvalue weighted by atomic mass is 32.2. The highest BCUT2D eigenvalue weighted by Gasteiger charge is 2.18. The van der Waals surface area contributed by atoms with Gasteiger partial charge in [-0.1, -0.05) is 27.7 Å². The first kappa shape index (κ1) is 15.1. The number of nitrogens with one attached hydrogen (secondary N) is 1. The molecule has 0 saturated heterocycles. The number of hydrogen-bond donors (Lipinski definition) is 2. The van der Waals surface area contributed by atoms with Gasteiger partial charge in [-0.05, 0) is 18.9 Å². The summed E-state index contributed by atoms with van der Waals surface area (Å²) in [7, 11) is -0.802. The van der Waals surface area contributed by atoms with Gasteiger partial charge in [-0.2, -0.15) is 0 Å². The molecule has 0 heterocycles. The van der Waals surface area contributed by atoms with Gasteiger partial charge in [0, 0.05) is 34.5 Å². The second-order valence-corrected chi connectivity index (χ2v) is 6.10. The summed E-state index contributed by atoms with van der Waals surface area (Å²) in [5, 5.41) is 12.4. The number of aliphatic hydroxyl groups is 1. The normalized spacial score (nSPS) is 17.7. The van der Waals surface area contributed by atoms with Crippen molar-refractivity contribution in [2.24, 2.45) is 5.92 Å². The van der Waals surface area contributed by atoms with Crippen molar-refractivity contribution in [3.63, 3.8) is 0 Å². The SMILES string of the molecule is CCNC(CCO)CS(=O)C(C)C(C)C. The molecule has 0 rings (SSSR count). The van der Waals surface area contributed by atoms with E-state index in [2.05, 4.69) is 19.2 Å². The van der Waals surface area contributed by atoms with Gasteiger partial charge in [-0.15, -0.1) is 0 Å². The molecule has 0 spiro atoms. The molecule has 0 fully saturated rings. The van der Waals surface area contributed by atoms with Gasteiger partial charge in [0.05, 0.1) is 0 Å². The van der Waals surface area contributed by atoms with Crippen molar-refractivity contribution in [3.05, 3.63) is 0 Å². The summed E-state index contributed by atoms with van der Waals surface area (Å²) in [6, 6.07) is 0.182. The fourth-order valence-corrected chi connectivity index (χ4v) is 2.93. The van der Waals surface area contributed by atoms with E-state index in [0.29, 0.717) is 18.1 Å². The third-order valence-corrected chi connectivity index (χ3v) is 4.79. The first-order chi connectivity index (χ1) is 7.02. The van der Waals surface area contributed by atoms with Gasteiger partial charge in [0.2, 0.25) is 0 Å². The van der Waals surface area contributed by atoms with Crippen LogP contribution in [-0.2, 0) is 10.8 Å². The zero-order valence-corrected chi connectivity index (χ0v) is 11.1. The topological polar surface area (TPSA) is 49.3 Å². The zero-order valence-electron chi connectivity index (χ0n) is 10.3. The van der Waals surface area contributed by atoms with Crippen molar-refractivity contribution < 1.29 is 9.32 Å². The van der Waals surface area contributed by atoms with E-state index in [0.717, 1.165) is 6.54 Å². The monoisotopic (exact) mass is 235 g/mol. The van der Waals surface area contributed by atoms with Gasteiger partial charge in [0.1, 0.15) is 0 Å². The molecule has 92 valence electrons. The van der Waals surface area contributed by atoms with E-state index in [1.807, 2.05) is 13.8 Å². The third kappa shape index (κ3) is 6.28. The van der Waals surface area contributed by atoms with E-state index in [9.17, 15) is 4.21 Å². The summed E-state index contributed by atoms with van der Waals surface area (Å²) < 4.78 is 11.9. The van der Waals surface area contributed by atoms with Crippen LogP contribution in [0.3, 0.4) is 0 Å². The molecule has 2 N–H and O–H groups in total. The summed E-state index contributed by atoms with van der Waals surface area (Å²) in [5.74, 6) is 1.09. The summed E-state index contributed by atoms with van der Waals surface area (Å²) in [6.07, 6.45) is 0.685. The number of hydrogen-bond acceptors (Lipinski definition) is 3. The molecule has 0 saturated carbocycles. The van der Waals surface area contributed by atoms with E-state index in [4.69, 9.17) is 5.11 Å². The molecule has 0 radical (unpaired) electrons. The third-order valence-electron chi connectivity index (χ3n) is 2.69. The molecule has 0 aromatic rings. The van der Waals surface area contributed by atoms with Crippen LogP contribution in [-0.4, -0.2) is 39.5 Å². The Morgan fingerprint density at radius 3 is 2.33 bits per heavy atom. The Morgan fingerprint density at radius 2 is 1.93 bits per heavy atom. The summed E-state index contributed by atoms with van der Waals surface area (Å²) in [6.45, 7) is 9.26. The molecule has 3 atom stereocenters. The minimum absolute atomic E-state index is 0.158. The summed E-state index contributed by atoms with van der Waals surface area (Å²) in [5.41, 5.74) is 0. The quantitative estimate of drug-likeness (QED) is 0.663. The fourth-order valence-electron chi connectivity index (χ4n) is 1.34. The average molecular weight is 235 g/mol. The predicted octanol–water partition coefficient (Wildman–Crippen LogP) is 1.14. The Labute approximate surface area is 96.1 Å². The maximum absolute atomic E-state index is 11.9. The average Bonchev–Trinajstić information content (AvgIpc) is 2.17. The van der Waals surface area contributed by atoms with Gasteiger partial charge < -0.3 is 10.4 Å². The van der Waals surface area contributed by atoms with Crippen LogP contribution in [0.1, 0.15) is 34.1 Å². The first-order valence-electron chi connectivity index (χ1n) is 5.74. The van der Waals surface area contributed by atoms with E-state index in [1.54, 1.807) is 0 Å². The van der Waals surface area contributed by atoms with Crippen LogP contribution < -0.4 is 5.32 Å². The molecule has 4 heteroatoms. The van der Waals surface area contributed by atoms with Crippen LogP contribution in [0.5, 0.6) is 0 Å². The van der Waals surface area contributed by atoms with E-state index < -0.39 is 10.8 Å². The minimum atomic E-state index is -0.802. The van der Waals surface area contributed by atoms with Crippen molar-refractivity contribution >= 4 is 10.8 Å². The zero-order chi connectivity index (χ0) is 11.8. The molecular formula is C11H25NO2S. The highest BCUT2D eigenvalue weighted by molar-refractivity contribution is 7.85. The van der Waals surface area contributed by atoms with Gasteiger partial charge in [0.15, 0.2) is 0 Å². The Kier molecular flexibility index (Phi) is 8.29. The second-order valence-electron chi connectivity index (χ2n) is 4.26. The van der Waals surface area contributed by atoms with Crippen LogP contribution >= 0.6 is 0 Å². The molecule has 0 aliphatic heterocycles. The molecule has 0 aliphatic carbocycles. The lowest BCUT2D eigenvalue weighted by Gasteiger charge is -2.20. The maximum atomic E-state index is 11.9. The van der Waals surface area contributed by atoms with Gasteiger partial charge >= 0.3 is 0 Å². The maximum Gasteiger partial charge on any atom is 0.0446 e. The summed E-state index contributed by atoms with van der Waals surface area (Å²) in [4.78, 5) is 0. The van der Waals surface area contributed by atoms with E-state index in [1.165, 1.54) is 0 Å². The van der Waals surface area contributed by atoms with E-state index >= 15 is 0 Å². The number of rotatable bonds is 8. The van der Waals surface area contributed by atoms with E-state index in [-0.39, 0.29) is 17.9 Å². The number of aliphatic hydroxyl groups excluding tert-OH is 1. The van der Waals surface area contributed by atoms with Crippen LogP contribution in [0.15, 0.2) is 0 Å². The molecular weight excluding hydrogens is 210 g/mol. The Bertz CT molecular complexity index is 179. The fraction of sp³-hybridized carbons (Fsp3) is 1.00. The molecule has 0 aliphatic rings. The lowest BCUT2D eigenvalue weighted by atomic mass is 10.2. The smallest absolute Gasteiger partial charge is 0.0446 e. The Balaban J connectivity index is 4.09. The van der Waals surface area contributed by atoms with Crippen LogP contribution in [0.4, 0.5) is 0 Å². The Hall–Kier alpha value is 0.0700. The van der Waals surface area contributed by atoms with Crippen molar-refractivity contribution in [3.8, 4) is 0 Å². The van der Waals surface area contributed by atoms with Gasteiger partial charge in [-0.25, -0.2) is 0 Å². The standard InChI is InChI=1S/C11H25NO2S/c1-5-12-11(6-7-13)8-15(14)10(4)9(2)3/h9-13H,5-8H2,1-4H3. The second kappa shape index (κ2) is 8.25. The molecule has 15 heavy (non-hydrogen) atoms. The molecule has 3 nitrogen and oxygen atoms in total. The molecule has 0 aromatic heterocycles. The van der Waals surface area contributed by atoms with Crippen molar-refractivity contribution in [2.75, 3.05) is 18.9 Å². The minimum Gasteiger partial charge on any atom is -0.396 e. The molecule has 0 amide bonds. The summed E-state index contributed by atoms with van der Waals surface area (Å²) >= 11 is 0. The van der Waals surface area contributed by atoms with Crippen molar-refractivity contribution in [1.82, 2.24) is 5.32 Å². The lowest BCUT2D eigenvalue weighted by molar-refractivity contribution is 0.270. The van der Waals surface area contributed by atoms with Gasteiger partial charge in [-0.3, -0.25) is 4.21 Å². The highest BCUT2D eigenvalue weighted by Crippen LogP contribution is 2.10. The molecule has 3 unspecified atom stereocenters. The largest absolute Gasteiger partial charge is 0.396 e. The lowest BCUT2D eigenvalue weighted by Crippen LogP contribution is -2.37. The van der Waals surface area contributed by atoms with Crippen LogP contribution in [0, 0.1) is 5.92 Å². The van der Waals surface area contributed by atoms with Crippen LogP contribution in [0.25, 0.3) is 0 Å². The molecule has 0 aromatic carbocycles. The van der Waals surface area contributed by atoms with Gasteiger partial charge in [0.25, 0.3) is 0 Å².